The van der Waals surface area contributed by atoms with Gasteiger partial charge in [-0.1, -0.05) is 34.4 Å². The molecule has 0 aliphatic carbocycles. The van der Waals surface area contributed by atoms with Gasteiger partial charge in [-0.05, 0) is 30.4 Å². The standard InChI is InChI=1S/C16H14Cl2N4O4S3/c17-11-8-10(13(18)28-11)15-20-21-16(26-15)19-14(23)9-3-5-22(6-4-9)29(24,25)12-2-1-7-27-12/h1-2,7-9H,3-6H2,(H,19,21,23). The van der Waals surface area contributed by atoms with Gasteiger partial charge in [0, 0.05) is 19.0 Å². The van der Waals surface area contributed by atoms with Crippen LogP contribution in [0.25, 0.3) is 11.5 Å². The van der Waals surface area contributed by atoms with Crippen LogP contribution >= 0.6 is 45.9 Å². The minimum atomic E-state index is -3.50. The number of rotatable bonds is 5. The maximum absolute atomic E-state index is 12.6. The average Bonchev–Trinajstić information content (AvgIpc) is 3.43. The second-order valence-electron chi connectivity index (χ2n) is 6.25. The van der Waals surface area contributed by atoms with E-state index in [0.717, 1.165) is 0 Å². The molecule has 0 bridgehead atoms. The zero-order valence-electron chi connectivity index (χ0n) is 14.7. The Labute approximate surface area is 184 Å². The third-order valence-corrected chi connectivity index (χ3v) is 9.22. The highest BCUT2D eigenvalue weighted by Gasteiger charge is 2.33. The van der Waals surface area contributed by atoms with Crippen molar-refractivity contribution >= 4 is 67.8 Å². The van der Waals surface area contributed by atoms with Crippen LogP contribution in [0.15, 0.2) is 32.2 Å². The van der Waals surface area contributed by atoms with Gasteiger partial charge in [0.1, 0.15) is 8.55 Å². The van der Waals surface area contributed by atoms with Crippen LogP contribution in [0.1, 0.15) is 12.8 Å². The molecule has 1 amide bonds. The zero-order chi connectivity index (χ0) is 20.6. The van der Waals surface area contributed by atoms with Crippen LogP contribution in [-0.2, 0) is 14.8 Å². The van der Waals surface area contributed by atoms with Crippen molar-refractivity contribution in [3.63, 3.8) is 0 Å². The van der Waals surface area contributed by atoms with Crippen molar-refractivity contribution < 1.29 is 17.6 Å². The molecular formula is C16H14Cl2N4O4S3. The SMILES string of the molecule is O=C(Nc1nnc(-c2cc(Cl)sc2Cl)o1)C1CCN(S(=O)(=O)c2cccs2)CC1. The van der Waals surface area contributed by atoms with E-state index in [1.807, 2.05) is 0 Å². The van der Waals surface area contributed by atoms with E-state index >= 15 is 0 Å². The number of thiophene rings is 2. The number of carbonyl (C=O) groups is 1. The maximum atomic E-state index is 12.6. The van der Waals surface area contributed by atoms with Gasteiger partial charge < -0.3 is 4.42 Å². The molecule has 0 spiro atoms. The molecule has 0 unspecified atom stereocenters. The van der Waals surface area contributed by atoms with Crippen LogP contribution in [0.2, 0.25) is 8.67 Å². The van der Waals surface area contributed by atoms with Crippen LogP contribution in [-0.4, -0.2) is 41.9 Å². The molecule has 8 nitrogen and oxygen atoms in total. The van der Waals surface area contributed by atoms with Gasteiger partial charge in [0.15, 0.2) is 0 Å². The molecule has 1 aliphatic heterocycles. The first-order valence-electron chi connectivity index (χ1n) is 8.48. The molecule has 0 saturated carbocycles. The molecule has 1 fully saturated rings. The third kappa shape index (κ3) is 4.35. The summed E-state index contributed by atoms with van der Waals surface area (Å²) in [7, 11) is -3.50. The van der Waals surface area contributed by atoms with Crippen molar-refractivity contribution in [2.75, 3.05) is 18.4 Å². The Morgan fingerprint density at radius 2 is 2.03 bits per heavy atom. The van der Waals surface area contributed by atoms with E-state index in [1.165, 1.54) is 27.0 Å². The van der Waals surface area contributed by atoms with E-state index in [1.54, 1.807) is 23.6 Å². The first-order valence-corrected chi connectivity index (χ1v) is 12.4. The molecule has 1 saturated heterocycles. The number of hydrogen-bond acceptors (Lipinski definition) is 8. The fraction of sp³-hybridized carbons (Fsp3) is 0.312. The number of nitrogens with one attached hydrogen (secondary N) is 1. The normalized spacial score (nSPS) is 16.2. The average molecular weight is 493 g/mol. The Kier molecular flexibility index (Phi) is 5.96. The molecule has 3 aromatic rings. The number of nitrogens with zero attached hydrogens (tertiary/aromatic N) is 3. The third-order valence-electron chi connectivity index (χ3n) is 4.46. The number of aromatic nitrogens is 2. The van der Waals surface area contributed by atoms with Crippen LogP contribution in [0.3, 0.4) is 0 Å². The predicted molar refractivity (Wildman–Crippen MR) is 112 cm³/mol. The van der Waals surface area contributed by atoms with Crippen molar-refractivity contribution in [2.45, 2.75) is 17.1 Å². The van der Waals surface area contributed by atoms with E-state index in [2.05, 4.69) is 15.5 Å². The number of sulfonamides is 1. The second-order valence-corrected chi connectivity index (χ2v) is 11.6. The number of amides is 1. The van der Waals surface area contributed by atoms with Gasteiger partial charge in [0.25, 0.3) is 15.9 Å². The van der Waals surface area contributed by atoms with E-state index in [0.29, 0.717) is 31.3 Å². The first-order chi connectivity index (χ1) is 13.8. The van der Waals surface area contributed by atoms with Gasteiger partial charge in [0.2, 0.25) is 5.91 Å². The first kappa shape index (κ1) is 20.8. The highest BCUT2D eigenvalue weighted by molar-refractivity contribution is 7.91. The van der Waals surface area contributed by atoms with Gasteiger partial charge in [-0.25, -0.2) is 8.42 Å². The molecule has 154 valence electrons. The molecule has 1 aliphatic rings. The van der Waals surface area contributed by atoms with Gasteiger partial charge in [-0.2, -0.15) is 4.31 Å². The second kappa shape index (κ2) is 8.32. The summed E-state index contributed by atoms with van der Waals surface area (Å²) >= 11 is 14.3. The Hall–Kier alpha value is -1.50. The highest BCUT2D eigenvalue weighted by Crippen LogP contribution is 2.38. The quantitative estimate of drug-likeness (QED) is 0.571. The highest BCUT2D eigenvalue weighted by atomic mass is 35.5. The number of carbonyl (C=O) groups excluding carboxylic acids is 1. The van der Waals surface area contributed by atoms with Crippen LogP contribution < -0.4 is 5.32 Å². The molecule has 1 N–H and O–H groups in total. The molecule has 3 aromatic heterocycles. The van der Waals surface area contributed by atoms with Gasteiger partial charge in [0.05, 0.1) is 9.90 Å². The van der Waals surface area contributed by atoms with Crippen molar-refractivity contribution in [1.29, 1.82) is 0 Å². The molecule has 0 atom stereocenters. The van der Waals surface area contributed by atoms with Crippen molar-refractivity contribution in [3.05, 3.63) is 32.3 Å². The lowest BCUT2D eigenvalue weighted by Crippen LogP contribution is -2.41. The number of piperidine rings is 1. The van der Waals surface area contributed by atoms with Crippen molar-refractivity contribution in [2.24, 2.45) is 5.92 Å². The van der Waals surface area contributed by atoms with Crippen LogP contribution in [0, 0.1) is 5.92 Å². The largest absolute Gasteiger partial charge is 0.403 e. The topological polar surface area (TPSA) is 105 Å². The minimum Gasteiger partial charge on any atom is -0.403 e. The van der Waals surface area contributed by atoms with Gasteiger partial charge in [-0.15, -0.1) is 27.8 Å². The van der Waals surface area contributed by atoms with Crippen LogP contribution in [0.5, 0.6) is 0 Å². The summed E-state index contributed by atoms with van der Waals surface area (Å²) in [4.78, 5) is 12.5. The van der Waals surface area contributed by atoms with E-state index in [9.17, 15) is 13.2 Å². The molecule has 0 radical (unpaired) electrons. The van der Waals surface area contributed by atoms with E-state index in [-0.39, 0.29) is 36.8 Å². The fourth-order valence-electron chi connectivity index (χ4n) is 2.97. The van der Waals surface area contributed by atoms with Crippen molar-refractivity contribution in [1.82, 2.24) is 14.5 Å². The molecular weight excluding hydrogens is 479 g/mol. The Morgan fingerprint density at radius 3 is 2.66 bits per heavy atom. The minimum absolute atomic E-state index is 0.0444. The summed E-state index contributed by atoms with van der Waals surface area (Å²) < 4.78 is 33.2. The molecule has 0 aromatic carbocycles. The molecule has 29 heavy (non-hydrogen) atoms. The van der Waals surface area contributed by atoms with E-state index < -0.39 is 10.0 Å². The van der Waals surface area contributed by atoms with E-state index in [4.69, 9.17) is 27.6 Å². The van der Waals surface area contributed by atoms with Gasteiger partial charge in [-0.3, -0.25) is 10.1 Å². The summed E-state index contributed by atoms with van der Waals surface area (Å²) in [6, 6.07) is 4.85. The number of hydrogen-bond donors (Lipinski definition) is 1. The van der Waals surface area contributed by atoms with Crippen molar-refractivity contribution in [3.8, 4) is 11.5 Å². The molecule has 13 heteroatoms. The zero-order valence-corrected chi connectivity index (χ0v) is 18.6. The monoisotopic (exact) mass is 492 g/mol. The van der Waals surface area contributed by atoms with Crippen LogP contribution in [0.4, 0.5) is 6.01 Å². The summed E-state index contributed by atoms with van der Waals surface area (Å²) in [6.07, 6.45) is 0.812. The molecule has 4 heterocycles. The summed E-state index contributed by atoms with van der Waals surface area (Å²) in [6.45, 7) is 0.548. The lowest BCUT2D eigenvalue weighted by atomic mass is 9.97. The Bertz CT molecular complexity index is 1120. The van der Waals surface area contributed by atoms with Gasteiger partial charge >= 0.3 is 6.01 Å². The number of halogens is 2. The summed E-state index contributed by atoms with van der Waals surface area (Å²) in [5.74, 6) is -0.479. The Morgan fingerprint density at radius 1 is 1.28 bits per heavy atom. The number of anilines is 1. The predicted octanol–water partition coefficient (Wildman–Crippen LogP) is 4.21. The maximum Gasteiger partial charge on any atom is 0.322 e. The summed E-state index contributed by atoms with van der Waals surface area (Å²) in [5, 5.41) is 12.0. The lowest BCUT2D eigenvalue weighted by molar-refractivity contribution is -0.121. The fourth-order valence-corrected chi connectivity index (χ4v) is 7.03. The Balaban J connectivity index is 1.37. The lowest BCUT2D eigenvalue weighted by Gasteiger charge is -2.29. The smallest absolute Gasteiger partial charge is 0.322 e. The molecule has 4 rings (SSSR count). The summed E-state index contributed by atoms with van der Waals surface area (Å²) in [5.41, 5.74) is 0.502.